The van der Waals surface area contributed by atoms with Gasteiger partial charge in [-0.25, -0.2) is 14.6 Å². The summed E-state index contributed by atoms with van der Waals surface area (Å²) in [6.07, 6.45) is 1.45. The van der Waals surface area contributed by atoms with Gasteiger partial charge in [0.15, 0.2) is 0 Å². The van der Waals surface area contributed by atoms with E-state index in [0.29, 0.717) is 5.56 Å². The van der Waals surface area contributed by atoms with Crippen LogP contribution < -0.4 is 10.2 Å². The average Bonchev–Trinajstić information content (AvgIpc) is 2.49. The Labute approximate surface area is 126 Å². The number of nitrogens with zero attached hydrogens (tertiary/aromatic N) is 1. The fraction of sp³-hybridized carbons (Fsp3) is 0.0625. The van der Waals surface area contributed by atoms with Gasteiger partial charge in [-0.1, -0.05) is 12.1 Å². The molecule has 6 heteroatoms. The van der Waals surface area contributed by atoms with Crippen molar-refractivity contribution in [2.45, 2.75) is 6.92 Å². The van der Waals surface area contributed by atoms with Gasteiger partial charge in [-0.2, -0.15) is 5.10 Å². The van der Waals surface area contributed by atoms with Gasteiger partial charge in [0.2, 0.25) is 5.91 Å². The number of carbonyl (C=O) groups is 2. The van der Waals surface area contributed by atoms with Crippen LogP contribution in [0.5, 0.6) is 5.75 Å². The van der Waals surface area contributed by atoms with Crippen molar-refractivity contribution in [1.82, 2.24) is 5.43 Å². The number of hydrogen-bond donors (Lipinski definition) is 1. The molecule has 1 N–H and O–H groups in total. The second-order valence-corrected chi connectivity index (χ2v) is 4.36. The third-order valence-corrected chi connectivity index (χ3v) is 2.62. The summed E-state index contributed by atoms with van der Waals surface area (Å²) in [6.45, 7) is 1.35. The van der Waals surface area contributed by atoms with E-state index in [1.807, 2.05) is 0 Å². The standard InChI is InChI=1S/C16H13FN2O3/c1-11(20)19-18-10-12-6-8-13(9-7-12)22-16(21)14-4-2-3-5-15(14)17/h2-10H,1H3,(H,19,20)/b18-10+. The van der Waals surface area contributed by atoms with Gasteiger partial charge < -0.3 is 4.74 Å². The van der Waals surface area contributed by atoms with Crippen LogP contribution in [-0.2, 0) is 4.79 Å². The Hall–Kier alpha value is -3.02. The third kappa shape index (κ3) is 4.24. The molecule has 0 radical (unpaired) electrons. The number of benzene rings is 2. The number of hydrazone groups is 1. The summed E-state index contributed by atoms with van der Waals surface area (Å²) in [4.78, 5) is 22.5. The largest absolute Gasteiger partial charge is 0.423 e. The van der Waals surface area contributed by atoms with Crippen LogP contribution in [0.1, 0.15) is 22.8 Å². The first-order valence-corrected chi connectivity index (χ1v) is 6.42. The van der Waals surface area contributed by atoms with Crippen molar-refractivity contribution in [3.63, 3.8) is 0 Å². The maximum absolute atomic E-state index is 13.5. The molecule has 0 atom stereocenters. The number of rotatable bonds is 4. The number of esters is 1. The number of hydrogen-bond acceptors (Lipinski definition) is 4. The summed E-state index contributed by atoms with van der Waals surface area (Å²) in [7, 11) is 0. The monoisotopic (exact) mass is 300 g/mol. The van der Waals surface area contributed by atoms with E-state index < -0.39 is 11.8 Å². The maximum Gasteiger partial charge on any atom is 0.346 e. The molecule has 0 saturated carbocycles. The molecule has 2 rings (SSSR count). The Kier molecular flexibility index (Phi) is 4.98. The lowest BCUT2D eigenvalue weighted by Crippen LogP contribution is -2.12. The number of ether oxygens (including phenoxy) is 1. The molecule has 0 saturated heterocycles. The Morgan fingerprint density at radius 3 is 2.45 bits per heavy atom. The van der Waals surface area contributed by atoms with Crippen LogP contribution >= 0.6 is 0 Å². The zero-order valence-electron chi connectivity index (χ0n) is 11.7. The lowest BCUT2D eigenvalue weighted by Gasteiger charge is -2.05. The third-order valence-electron chi connectivity index (χ3n) is 2.62. The van der Waals surface area contributed by atoms with Crippen molar-refractivity contribution < 1.29 is 18.7 Å². The molecule has 0 aliphatic heterocycles. The van der Waals surface area contributed by atoms with Gasteiger partial charge in [0.05, 0.1) is 11.8 Å². The first-order valence-electron chi connectivity index (χ1n) is 6.42. The molecule has 112 valence electrons. The molecule has 0 heterocycles. The molecule has 0 spiro atoms. The minimum absolute atomic E-state index is 0.126. The molecule has 1 amide bonds. The Balaban J connectivity index is 2.02. The highest BCUT2D eigenvalue weighted by Crippen LogP contribution is 2.15. The summed E-state index contributed by atoms with van der Waals surface area (Å²) < 4.78 is 18.5. The highest BCUT2D eigenvalue weighted by molar-refractivity contribution is 5.91. The normalized spacial score (nSPS) is 10.5. The molecule has 5 nitrogen and oxygen atoms in total. The van der Waals surface area contributed by atoms with Crippen molar-refractivity contribution in [3.05, 3.63) is 65.5 Å². The van der Waals surface area contributed by atoms with Gasteiger partial charge in [-0.15, -0.1) is 0 Å². The zero-order chi connectivity index (χ0) is 15.9. The van der Waals surface area contributed by atoms with Crippen LogP contribution in [0.4, 0.5) is 4.39 Å². The lowest BCUT2D eigenvalue weighted by atomic mass is 10.2. The van der Waals surface area contributed by atoms with Gasteiger partial charge in [-0.3, -0.25) is 4.79 Å². The highest BCUT2D eigenvalue weighted by Gasteiger charge is 2.12. The molecule has 0 aromatic heterocycles. The van der Waals surface area contributed by atoms with E-state index in [2.05, 4.69) is 10.5 Å². The smallest absolute Gasteiger partial charge is 0.346 e. The van der Waals surface area contributed by atoms with Gasteiger partial charge >= 0.3 is 5.97 Å². The van der Waals surface area contributed by atoms with Crippen molar-refractivity contribution in [1.29, 1.82) is 0 Å². The van der Waals surface area contributed by atoms with Crippen LogP contribution in [0.15, 0.2) is 53.6 Å². The zero-order valence-corrected chi connectivity index (χ0v) is 11.7. The number of halogens is 1. The number of carbonyl (C=O) groups excluding carboxylic acids is 2. The van der Waals surface area contributed by atoms with Crippen molar-refractivity contribution in [2.24, 2.45) is 5.10 Å². The molecular weight excluding hydrogens is 287 g/mol. The molecule has 2 aromatic rings. The minimum atomic E-state index is -0.766. The van der Waals surface area contributed by atoms with Gasteiger partial charge in [0.25, 0.3) is 0 Å². The second kappa shape index (κ2) is 7.12. The predicted octanol–water partition coefficient (Wildman–Crippen LogP) is 2.51. The Bertz CT molecular complexity index is 712. The Morgan fingerprint density at radius 1 is 1.14 bits per heavy atom. The maximum atomic E-state index is 13.5. The molecule has 0 bridgehead atoms. The van der Waals surface area contributed by atoms with E-state index in [1.165, 1.54) is 31.3 Å². The first-order chi connectivity index (χ1) is 10.6. The summed E-state index contributed by atoms with van der Waals surface area (Å²) in [6, 6.07) is 12.0. The predicted molar refractivity (Wildman–Crippen MR) is 79.2 cm³/mol. The molecule has 0 fully saturated rings. The van der Waals surface area contributed by atoms with E-state index in [9.17, 15) is 14.0 Å². The molecular formula is C16H13FN2O3. The average molecular weight is 300 g/mol. The summed E-state index contributed by atoms with van der Waals surface area (Å²) in [5.74, 6) is -1.39. The summed E-state index contributed by atoms with van der Waals surface area (Å²) >= 11 is 0. The van der Waals surface area contributed by atoms with Crippen LogP contribution in [0.3, 0.4) is 0 Å². The molecule has 22 heavy (non-hydrogen) atoms. The lowest BCUT2D eigenvalue weighted by molar-refractivity contribution is -0.118. The summed E-state index contributed by atoms with van der Waals surface area (Å²) in [5, 5.41) is 3.71. The number of amides is 1. The topological polar surface area (TPSA) is 67.8 Å². The van der Waals surface area contributed by atoms with Crippen LogP contribution in [-0.4, -0.2) is 18.1 Å². The SMILES string of the molecule is CC(=O)N/N=C/c1ccc(OC(=O)c2ccccc2F)cc1. The van der Waals surface area contributed by atoms with E-state index in [0.717, 1.165) is 0 Å². The van der Waals surface area contributed by atoms with Gasteiger partial charge in [0, 0.05) is 6.92 Å². The van der Waals surface area contributed by atoms with E-state index in [1.54, 1.807) is 30.3 Å². The Morgan fingerprint density at radius 2 is 1.82 bits per heavy atom. The van der Waals surface area contributed by atoms with Crippen LogP contribution in [0.2, 0.25) is 0 Å². The van der Waals surface area contributed by atoms with Gasteiger partial charge in [0.1, 0.15) is 11.6 Å². The van der Waals surface area contributed by atoms with Crippen molar-refractivity contribution in [3.8, 4) is 5.75 Å². The van der Waals surface area contributed by atoms with Crippen LogP contribution in [0, 0.1) is 5.82 Å². The molecule has 0 aliphatic rings. The summed E-state index contributed by atoms with van der Waals surface area (Å²) in [5.41, 5.74) is 2.85. The molecule has 0 aliphatic carbocycles. The number of nitrogens with one attached hydrogen (secondary N) is 1. The second-order valence-electron chi connectivity index (χ2n) is 4.36. The van der Waals surface area contributed by atoms with Crippen molar-refractivity contribution in [2.75, 3.05) is 0 Å². The fourth-order valence-electron chi connectivity index (χ4n) is 1.61. The molecule has 2 aromatic carbocycles. The minimum Gasteiger partial charge on any atom is -0.423 e. The molecule has 0 unspecified atom stereocenters. The van der Waals surface area contributed by atoms with Crippen molar-refractivity contribution >= 4 is 18.1 Å². The van der Waals surface area contributed by atoms with E-state index >= 15 is 0 Å². The first kappa shape index (κ1) is 15.4. The van der Waals surface area contributed by atoms with Gasteiger partial charge in [-0.05, 0) is 42.0 Å². The van der Waals surface area contributed by atoms with Crippen LogP contribution in [0.25, 0.3) is 0 Å². The fourth-order valence-corrected chi connectivity index (χ4v) is 1.61. The highest BCUT2D eigenvalue weighted by atomic mass is 19.1. The quantitative estimate of drug-likeness (QED) is 0.408. The van der Waals surface area contributed by atoms with E-state index in [4.69, 9.17) is 4.74 Å². The van der Waals surface area contributed by atoms with E-state index in [-0.39, 0.29) is 17.2 Å².